The van der Waals surface area contributed by atoms with Crippen molar-refractivity contribution in [1.82, 2.24) is 20.1 Å². The summed E-state index contributed by atoms with van der Waals surface area (Å²) in [6.07, 6.45) is -0.328. The van der Waals surface area contributed by atoms with E-state index < -0.39 is 0 Å². The van der Waals surface area contributed by atoms with Gasteiger partial charge in [0.25, 0.3) is 0 Å². The molecule has 0 radical (unpaired) electrons. The third kappa shape index (κ3) is 4.24. The second kappa shape index (κ2) is 9.23. The van der Waals surface area contributed by atoms with Crippen LogP contribution in [0.4, 0.5) is 10.5 Å². The Morgan fingerprint density at radius 2 is 1.71 bits per heavy atom. The van der Waals surface area contributed by atoms with Crippen LogP contribution < -0.4 is 10.4 Å². The maximum absolute atomic E-state index is 13.5. The van der Waals surface area contributed by atoms with Crippen LogP contribution in [0, 0.1) is 11.8 Å². The van der Waals surface area contributed by atoms with Gasteiger partial charge in [-0.05, 0) is 25.6 Å². The van der Waals surface area contributed by atoms with Crippen molar-refractivity contribution in [2.75, 3.05) is 57.4 Å². The first-order valence-corrected chi connectivity index (χ1v) is 11.1. The monoisotopic (exact) mass is 429 g/mol. The van der Waals surface area contributed by atoms with E-state index in [-0.39, 0.29) is 35.8 Å². The first-order valence-electron chi connectivity index (χ1n) is 11.1. The van der Waals surface area contributed by atoms with Crippen molar-refractivity contribution in [2.24, 2.45) is 11.8 Å². The van der Waals surface area contributed by atoms with E-state index in [2.05, 4.69) is 17.2 Å². The van der Waals surface area contributed by atoms with E-state index in [0.29, 0.717) is 45.9 Å². The zero-order valence-electron chi connectivity index (χ0n) is 18.2. The summed E-state index contributed by atoms with van der Waals surface area (Å²) in [6.45, 7) is 8.13. The average Bonchev–Trinajstić information content (AvgIpc) is 3.15. The van der Waals surface area contributed by atoms with Gasteiger partial charge >= 0.3 is 6.09 Å². The number of anilines is 1. The second-order valence-electron chi connectivity index (χ2n) is 8.24. The number of rotatable bonds is 4. The molecular weight excluding hydrogens is 398 g/mol. The minimum absolute atomic E-state index is 0.0132. The molecule has 9 nitrogen and oxygen atoms in total. The van der Waals surface area contributed by atoms with Crippen molar-refractivity contribution >= 4 is 23.6 Å². The predicted octanol–water partition coefficient (Wildman–Crippen LogP) is 0.775. The van der Waals surface area contributed by atoms with E-state index in [4.69, 9.17) is 4.74 Å². The number of hydrogen-bond donors (Lipinski definition) is 1. The number of para-hydroxylation sites is 1. The summed E-state index contributed by atoms with van der Waals surface area (Å²) in [7, 11) is 0. The van der Waals surface area contributed by atoms with Gasteiger partial charge in [-0.1, -0.05) is 25.1 Å². The van der Waals surface area contributed by atoms with Gasteiger partial charge in [0, 0.05) is 39.3 Å². The highest BCUT2D eigenvalue weighted by molar-refractivity contribution is 5.98. The number of likely N-dealkylation sites (tertiary alicyclic amines) is 1. The average molecular weight is 430 g/mol. The van der Waals surface area contributed by atoms with Crippen LogP contribution in [0.1, 0.15) is 13.8 Å². The van der Waals surface area contributed by atoms with Gasteiger partial charge in [-0.15, -0.1) is 0 Å². The van der Waals surface area contributed by atoms with Crippen LogP contribution in [0.5, 0.6) is 0 Å². The topological polar surface area (TPSA) is 85.4 Å². The second-order valence-corrected chi connectivity index (χ2v) is 8.24. The van der Waals surface area contributed by atoms with Crippen LogP contribution in [-0.2, 0) is 14.3 Å². The smallest absolute Gasteiger partial charge is 0.409 e. The van der Waals surface area contributed by atoms with Crippen molar-refractivity contribution in [1.29, 1.82) is 0 Å². The number of nitrogens with one attached hydrogen (secondary N) is 1. The molecule has 3 fully saturated rings. The molecule has 31 heavy (non-hydrogen) atoms. The molecule has 0 aromatic heterocycles. The first kappa shape index (κ1) is 21.6. The number of hydrogen-bond acceptors (Lipinski definition) is 6. The van der Waals surface area contributed by atoms with Crippen LogP contribution >= 0.6 is 0 Å². The molecule has 1 N–H and O–H groups in total. The maximum atomic E-state index is 13.5. The van der Waals surface area contributed by atoms with Crippen LogP contribution in [0.2, 0.25) is 0 Å². The minimum atomic E-state index is -0.328. The summed E-state index contributed by atoms with van der Waals surface area (Å²) < 4.78 is 5.07. The number of ether oxygens (including phenoxy) is 1. The zero-order chi connectivity index (χ0) is 22.0. The number of fused-ring (bicyclic) bond motifs is 1. The van der Waals surface area contributed by atoms with Crippen LogP contribution in [0.3, 0.4) is 0 Å². The number of amides is 3. The Morgan fingerprint density at radius 3 is 2.35 bits per heavy atom. The lowest BCUT2D eigenvalue weighted by Crippen LogP contribution is -2.60. The van der Waals surface area contributed by atoms with Gasteiger partial charge in [0.15, 0.2) is 0 Å². The molecule has 3 unspecified atom stereocenters. The van der Waals surface area contributed by atoms with Gasteiger partial charge in [-0.25, -0.2) is 15.2 Å². The lowest BCUT2D eigenvalue weighted by Gasteiger charge is -2.41. The zero-order valence-corrected chi connectivity index (χ0v) is 18.2. The van der Waals surface area contributed by atoms with Crippen molar-refractivity contribution in [3.63, 3.8) is 0 Å². The van der Waals surface area contributed by atoms with Gasteiger partial charge < -0.3 is 19.4 Å². The van der Waals surface area contributed by atoms with E-state index in [0.717, 1.165) is 12.2 Å². The fourth-order valence-corrected chi connectivity index (χ4v) is 4.76. The van der Waals surface area contributed by atoms with E-state index in [1.807, 2.05) is 35.2 Å². The van der Waals surface area contributed by atoms with Gasteiger partial charge in [0.1, 0.15) is 0 Å². The summed E-state index contributed by atoms with van der Waals surface area (Å²) >= 11 is 0. The van der Waals surface area contributed by atoms with Crippen molar-refractivity contribution in [3.05, 3.63) is 30.3 Å². The van der Waals surface area contributed by atoms with Gasteiger partial charge in [0.05, 0.1) is 30.2 Å². The van der Waals surface area contributed by atoms with Crippen LogP contribution in [0.15, 0.2) is 30.3 Å². The van der Waals surface area contributed by atoms with Crippen molar-refractivity contribution < 1.29 is 19.1 Å². The minimum Gasteiger partial charge on any atom is -0.450 e. The molecule has 3 aliphatic heterocycles. The van der Waals surface area contributed by atoms with E-state index in [1.165, 1.54) is 0 Å². The molecule has 9 heteroatoms. The van der Waals surface area contributed by atoms with Crippen molar-refractivity contribution in [3.8, 4) is 0 Å². The fourth-order valence-electron chi connectivity index (χ4n) is 4.76. The highest BCUT2D eigenvalue weighted by Crippen LogP contribution is 2.32. The Balaban J connectivity index is 1.47. The van der Waals surface area contributed by atoms with Crippen LogP contribution in [-0.4, -0.2) is 91.1 Å². The molecule has 0 aliphatic carbocycles. The predicted molar refractivity (Wildman–Crippen MR) is 115 cm³/mol. The number of carbonyl (C=O) groups excluding carboxylic acids is 3. The number of piperazine rings is 1. The number of benzene rings is 1. The molecule has 3 heterocycles. The molecule has 3 aliphatic rings. The molecule has 0 spiro atoms. The third-order valence-corrected chi connectivity index (χ3v) is 6.49. The number of hydrazine groups is 1. The Labute approximate surface area is 182 Å². The highest BCUT2D eigenvalue weighted by atomic mass is 16.6. The SMILES string of the molecule is CCOC(=O)N1CCN(C(=O)C2CN(CC)CC3C(=O)N(c4ccccc4)NC23)CC1. The summed E-state index contributed by atoms with van der Waals surface area (Å²) in [5, 5.41) is 1.60. The lowest BCUT2D eigenvalue weighted by atomic mass is 9.83. The van der Waals surface area contributed by atoms with Gasteiger partial charge in [0.2, 0.25) is 11.8 Å². The number of piperidine rings is 1. The Bertz CT molecular complexity index is 811. The molecule has 1 aromatic rings. The highest BCUT2D eigenvalue weighted by Gasteiger charge is 2.51. The summed E-state index contributed by atoms with van der Waals surface area (Å²) in [6, 6.07) is 9.27. The van der Waals surface area contributed by atoms with E-state index in [1.54, 1.807) is 16.8 Å². The first-order chi connectivity index (χ1) is 15.0. The largest absolute Gasteiger partial charge is 0.450 e. The Kier molecular flexibility index (Phi) is 6.43. The lowest BCUT2D eigenvalue weighted by molar-refractivity contribution is -0.141. The molecule has 3 amide bonds. The quantitative estimate of drug-likeness (QED) is 0.761. The van der Waals surface area contributed by atoms with Crippen LogP contribution in [0.25, 0.3) is 0 Å². The summed E-state index contributed by atoms with van der Waals surface area (Å²) in [4.78, 5) is 44.3. The molecule has 168 valence electrons. The fraction of sp³-hybridized carbons (Fsp3) is 0.591. The molecular formula is C22H31N5O4. The summed E-state index contributed by atoms with van der Waals surface area (Å²) in [5.41, 5.74) is 4.13. The third-order valence-electron chi connectivity index (χ3n) is 6.49. The molecule has 0 saturated carbocycles. The Morgan fingerprint density at radius 1 is 1.03 bits per heavy atom. The van der Waals surface area contributed by atoms with E-state index >= 15 is 0 Å². The number of nitrogens with zero attached hydrogens (tertiary/aromatic N) is 4. The van der Waals surface area contributed by atoms with Crippen molar-refractivity contribution in [2.45, 2.75) is 19.9 Å². The molecule has 4 rings (SSSR count). The molecule has 3 saturated heterocycles. The Hall–Kier alpha value is -2.65. The standard InChI is InChI=1S/C22H31N5O4/c1-3-24-14-17(20(28)25-10-12-26(13-11-25)22(30)31-4-2)19-18(15-24)21(29)27(23-19)16-8-6-5-7-9-16/h5-9,17-19,23H,3-4,10-15H2,1-2H3. The molecule has 0 bridgehead atoms. The molecule has 3 atom stereocenters. The maximum Gasteiger partial charge on any atom is 0.409 e. The van der Waals surface area contributed by atoms with E-state index in [9.17, 15) is 14.4 Å². The van der Waals surface area contributed by atoms with Gasteiger partial charge in [-0.3, -0.25) is 9.59 Å². The molecule has 1 aromatic carbocycles. The normalized spacial score (nSPS) is 26.7. The summed E-state index contributed by atoms with van der Waals surface area (Å²) in [5.74, 6) is -0.514. The van der Waals surface area contributed by atoms with Gasteiger partial charge in [-0.2, -0.15) is 0 Å². The number of carbonyl (C=O) groups is 3.